The van der Waals surface area contributed by atoms with E-state index in [1.165, 1.54) is 0 Å². The van der Waals surface area contributed by atoms with Gasteiger partial charge in [0, 0.05) is 0 Å². The molecule has 0 amide bonds. The Hall–Kier alpha value is -1.06. The van der Waals surface area contributed by atoms with E-state index < -0.39 is 136 Å². The largest absolute Gasteiger partial charge is 0.393 e. The predicted octanol–water partition coefficient (Wildman–Crippen LogP) is -4.53. The lowest BCUT2D eigenvalue weighted by atomic mass is 9.54. The molecule has 0 radical (unpaired) electrons. The molecule has 20 atom stereocenters. The fourth-order valence-electron chi connectivity index (χ4n) is 9.18. The predicted molar refractivity (Wildman–Crippen MR) is 188 cm³/mol. The number of hydrogen-bond acceptors (Lipinski definition) is 20. The second kappa shape index (κ2) is 17.4. The molecule has 20 nitrogen and oxygen atoms in total. The molecular weight excluding hydrogens is 764 g/mol. The van der Waals surface area contributed by atoms with E-state index in [0.717, 1.165) is 5.57 Å². The van der Waals surface area contributed by atoms with Gasteiger partial charge in [0.2, 0.25) is 0 Å². The Balaban J connectivity index is 1.03. The monoisotopic (exact) mass is 826 g/mol. The van der Waals surface area contributed by atoms with Crippen molar-refractivity contribution in [1.29, 1.82) is 0 Å². The average molecular weight is 827 g/mol. The molecule has 2 saturated carbocycles. The summed E-state index contributed by atoms with van der Waals surface area (Å²) in [6.45, 7) is 7.09. The highest BCUT2D eigenvalue weighted by atomic mass is 16.7. The van der Waals surface area contributed by atoms with Gasteiger partial charge < -0.3 is 99.2 Å². The molecule has 12 N–H and O–H groups in total. The first-order chi connectivity index (χ1) is 26.7. The first-order valence-corrected chi connectivity index (χ1v) is 19.6. The maximum atomic E-state index is 10.9. The van der Waals surface area contributed by atoms with Crippen LogP contribution in [-0.2, 0) is 37.9 Å². The fourth-order valence-corrected chi connectivity index (χ4v) is 9.18. The van der Waals surface area contributed by atoms with Crippen LogP contribution < -0.4 is 0 Å². The normalized spacial score (nSPS) is 50.9. The van der Waals surface area contributed by atoms with Gasteiger partial charge in [0.25, 0.3) is 0 Å². The smallest absolute Gasteiger partial charge is 0.187 e. The highest BCUT2D eigenvalue weighted by Gasteiger charge is 2.55. The SMILES string of the molecule is C=C1C[C@H](O[C@@H]2O[C@H](CO[C@@H]3OC[C@](O)(CO)[C@H]3O)[C@@H](O)[C@H](O)[C@H]2O)C[C@]2(C)CC[C@@H](C(C)(C)O[C@@H]3O[C@H](CO[C@@H]4OC[C@](O)(CO)[C@H]4O)[C@@H](O)[C@H](O)[C@H]3O)C[C@@H]12. The van der Waals surface area contributed by atoms with E-state index in [9.17, 15) is 61.3 Å². The molecule has 4 saturated heterocycles. The summed E-state index contributed by atoms with van der Waals surface area (Å²) < 4.78 is 45.9. The molecule has 0 unspecified atom stereocenters. The van der Waals surface area contributed by atoms with E-state index in [2.05, 4.69) is 13.5 Å². The summed E-state index contributed by atoms with van der Waals surface area (Å²) in [4.78, 5) is 0. The molecular formula is C37H62O20. The molecule has 6 fully saturated rings. The summed E-state index contributed by atoms with van der Waals surface area (Å²) in [5.74, 6) is -0.0598. The van der Waals surface area contributed by atoms with Crippen LogP contribution in [0.4, 0.5) is 0 Å². The molecule has 0 aromatic carbocycles. The molecule has 57 heavy (non-hydrogen) atoms. The van der Waals surface area contributed by atoms with Crippen molar-refractivity contribution in [2.45, 2.75) is 162 Å². The van der Waals surface area contributed by atoms with Crippen LogP contribution in [0.2, 0.25) is 0 Å². The van der Waals surface area contributed by atoms with Crippen LogP contribution in [0.5, 0.6) is 0 Å². The van der Waals surface area contributed by atoms with E-state index in [0.29, 0.717) is 32.1 Å². The highest BCUT2D eigenvalue weighted by molar-refractivity contribution is 5.16. The minimum Gasteiger partial charge on any atom is -0.393 e. The molecule has 0 aromatic heterocycles. The van der Waals surface area contributed by atoms with Crippen molar-refractivity contribution >= 4 is 0 Å². The lowest BCUT2D eigenvalue weighted by Gasteiger charge is -2.54. The van der Waals surface area contributed by atoms with Gasteiger partial charge in [0.15, 0.2) is 25.2 Å². The standard InChI is InChI=1S/C37H62O20/c1-16-7-18(54-30-26(44)24(42)22(40)20(55-30)10-50-32-28(46)36(48,12-38)14-52-32)9-35(4)6-5-17(8-19(16)35)34(2,3)57-31-27(45)25(43)23(41)21(56-31)11-51-33-29(47)37(49,13-39)15-53-33/h17-33,38-49H,1,5-15H2,2-4H3/t17-,18+,19+,20-,21-,22-,23-,24+,25+,26-,27-,28+,29+,30-,31+,32-,33-,35+,36-,37-/m1/s1. The molecule has 0 aromatic rings. The summed E-state index contributed by atoms with van der Waals surface area (Å²) in [6.07, 6.45) is -18.2. The number of aliphatic hydroxyl groups excluding tert-OH is 10. The van der Waals surface area contributed by atoms with Gasteiger partial charge in [-0.3, -0.25) is 0 Å². The van der Waals surface area contributed by atoms with E-state index in [-0.39, 0.29) is 30.5 Å². The van der Waals surface area contributed by atoms with Crippen LogP contribution >= 0.6 is 0 Å². The third-order valence-corrected chi connectivity index (χ3v) is 13.2. The molecule has 2 aliphatic carbocycles. The number of aliphatic hydroxyl groups is 12. The zero-order chi connectivity index (χ0) is 41.8. The summed E-state index contributed by atoms with van der Waals surface area (Å²) in [7, 11) is 0. The second-order valence-electron chi connectivity index (χ2n) is 17.7. The first-order valence-electron chi connectivity index (χ1n) is 19.6. The Labute approximate surface area is 330 Å². The average Bonchev–Trinajstić information content (AvgIpc) is 3.63. The van der Waals surface area contributed by atoms with E-state index in [1.54, 1.807) is 0 Å². The summed E-state index contributed by atoms with van der Waals surface area (Å²) in [5, 5.41) is 124. The van der Waals surface area contributed by atoms with Crippen LogP contribution in [0.1, 0.15) is 52.9 Å². The van der Waals surface area contributed by atoms with Crippen molar-refractivity contribution in [3.8, 4) is 0 Å². The van der Waals surface area contributed by atoms with Gasteiger partial charge in [-0.2, -0.15) is 0 Å². The van der Waals surface area contributed by atoms with Gasteiger partial charge in [-0.05, 0) is 63.2 Å². The van der Waals surface area contributed by atoms with Crippen LogP contribution in [0.3, 0.4) is 0 Å². The molecule has 20 heteroatoms. The third kappa shape index (κ3) is 8.98. The van der Waals surface area contributed by atoms with E-state index in [1.807, 2.05) is 13.8 Å². The van der Waals surface area contributed by atoms with Gasteiger partial charge in [-0.1, -0.05) is 19.1 Å². The number of rotatable bonds is 13. The molecule has 0 spiro atoms. The topological polar surface area (TPSA) is 317 Å². The van der Waals surface area contributed by atoms with Crippen LogP contribution in [0.25, 0.3) is 0 Å². The number of ether oxygens (including phenoxy) is 8. The molecule has 4 heterocycles. The van der Waals surface area contributed by atoms with Crippen molar-refractivity contribution in [2.75, 3.05) is 39.6 Å². The first kappa shape index (κ1) is 45.5. The van der Waals surface area contributed by atoms with E-state index in [4.69, 9.17) is 37.9 Å². The molecule has 4 aliphatic heterocycles. The van der Waals surface area contributed by atoms with Crippen molar-refractivity contribution in [3.63, 3.8) is 0 Å². The van der Waals surface area contributed by atoms with Crippen LogP contribution in [-0.4, -0.2) is 210 Å². The van der Waals surface area contributed by atoms with E-state index >= 15 is 0 Å². The van der Waals surface area contributed by atoms with Crippen molar-refractivity contribution < 1.29 is 99.2 Å². The van der Waals surface area contributed by atoms with Crippen molar-refractivity contribution in [1.82, 2.24) is 0 Å². The van der Waals surface area contributed by atoms with Gasteiger partial charge in [-0.15, -0.1) is 0 Å². The Morgan fingerprint density at radius 3 is 1.70 bits per heavy atom. The van der Waals surface area contributed by atoms with Crippen LogP contribution in [0, 0.1) is 17.3 Å². The lowest BCUT2D eigenvalue weighted by molar-refractivity contribution is -0.336. The zero-order valence-electron chi connectivity index (χ0n) is 32.4. The minimum atomic E-state index is -1.92. The maximum absolute atomic E-state index is 10.9. The summed E-state index contributed by atoms with van der Waals surface area (Å²) in [6, 6.07) is 0. The number of fused-ring (bicyclic) bond motifs is 1. The van der Waals surface area contributed by atoms with Gasteiger partial charge >= 0.3 is 0 Å². The molecule has 0 bridgehead atoms. The molecule has 6 aliphatic rings. The third-order valence-electron chi connectivity index (χ3n) is 13.2. The van der Waals surface area contributed by atoms with Gasteiger partial charge in [-0.25, -0.2) is 0 Å². The summed E-state index contributed by atoms with van der Waals surface area (Å²) in [5.41, 5.74) is -4.18. The van der Waals surface area contributed by atoms with Crippen molar-refractivity contribution in [3.05, 3.63) is 12.2 Å². The summed E-state index contributed by atoms with van der Waals surface area (Å²) >= 11 is 0. The minimum absolute atomic E-state index is 0.0151. The molecule has 6 rings (SSSR count). The Bertz CT molecular complexity index is 1370. The Morgan fingerprint density at radius 2 is 1.21 bits per heavy atom. The van der Waals surface area contributed by atoms with Gasteiger partial charge in [0.05, 0.1) is 51.3 Å². The lowest BCUT2D eigenvalue weighted by Crippen LogP contribution is -2.61. The Morgan fingerprint density at radius 1 is 0.719 bits per heavy atom. The fraction of sp³-hybridized carbons (Fsp3) is 0.946. The Kier molecular flexibility index (Phi) is 13.9. The number of hydrogen-bond donors (Lipinski definition) is 12. The molecule has 330 valence electrons. The zero-order valence-corrected chi connectivity index (χ0v) is 32.4. The highest BCUT2D eigenvalue weighted by Crippen LogP contribution is 2.56. The second-order valence-corrected chi connectivity index (χ2v) is 17.7. The van der Waals surface area contributed by atoms with Gasteiger partial charge in [0.1, 0.15) is 72.2 Å². The quantitative estimate of drug-likeness (QED) is 0.0615. The maximum Gasteiger partial charge on any atom is 0.187 e. The van der Waals surface area contributed by atoms with Crippen LogP contribution in [0.15, 0.2) is 12.2 Å². The van der Waals surface area contributed by atoms with Crippen molar-refractivity contribution in [2.24, 2.45) is 17.3 Å².